The van der Waals surface area contributed by atoms with Gasteiger partial charge in [-0.05, 0) is 30.3 Å². The van der Waals surface area contributed by atoms with Crippen LogP contribution in [0.5, 0.6) is 0 Å². The third-order valence-corrected chi connectivity index (χ3v) is 2.63. The molecule has 0 bridgehead atoms. The van der Waals surface area contributed by atoms with Crippen molar-refractivity contribution in [1.29, 1.82) is 5.26 Å². The molecule has 0 radical (unpaired) electrons. The Bertz CT molecular complexity index is 575. The molecule has 78 valence electrons. The van der Waals surface area contributed by atoms with Gasteiger partial charge in [-0.2, -0.15) is 5.26 Å². The van der Waals surface area contributed by atoms with E-state index in [1.165, 1.54) is 12.3 Å². The van der Waals surface area contributed by atoms with Crippen molar-refractivity contribution in [3.8, 4) is 17.2 Å². The Morgan fingerprint density at radius 2 is 2.06 bits per heavy atom. The molecule has 0 saturated heterocycles. The summed E-state index contributed by atoms with van der Waals surface area (Å²) >= 11 is 3.27. The monoisotopic (exact) mass is 276 g/mol. The Hall–Kier alpha value is -1.73. The van der Waals surface area contributed by atoms with Crippen LogP contribution in [0.3, 0.4) is 0 Å². The van der Waals surface area contributed by atoms with Gasteiger partial charge in [0.25, 0.3) is 0 Å². The fourth-order valence-electron chi connectivity index (χ4n) is 1.42. The first-order valence-corrected chi connectivity index (χ1v) is 5.32. The first-order chi connectivity index (χ1) is 7.72. The first-order valence-electron chi connectivity index (χ1n) is 4.53. The van der Waals surface area contributed by atoms with E-state index in [1.807, 2.05) is 6.07 Å². The highest BCUT2D eigenvalue weighted by atomic mass is 79.9. The highest BCUT2D eigenvalue weighted by Gasteiger charge is 2.10. The lowest BCUT2D eigenvalue weighted by atomic mass is 10.0. The molecule has 1 aromatic carbocycles. The fourth-order valence-corrected chi connectivity index (χ4v) is 1.78. The van der Waals surface area contributed by atoms with E-state index < -0.39 is 0 Å². The van der Waals surface area contributed by atoms with Gasteiger partial charge in [0.15, 0.2) is 0 Å². The highest BCUT2D eigenvalue weighted by molar-refractivity contribution is 9.10. The minimum Gasteiger partial charge on any atom is -0.245 e. The molecular weight excluding hydrogens is 271 g/mol. The molecule has 0 aliphatic carbocycles. The number of nitrogens with zero attached hydrogens (tertiary/aromatic N) is 2. The molecule has 4 heteroatoms. The molecule has 0 unspecified atom stereocenters. The highest BCUT2D eigenvalue weighted by Crippen LogP contribution is 2.27. The molecule has 0 fully saturated rings. The zero-order chi connectivity index (χ0) is 11.5. The van der Waals surface area contributed by atoms with E-state index in [-0.39, 0.29) is 11.5 Å². The lowest BCUT2D eigenvalue weighted by Crippen LogP contribution is -1.91. The zero-order valence-corrected chi connectivity index (χ0v) is 9.70. The summed E-state index contributed by atoms with van der Waals surface area (Å²) in [6, 6.07) is 9.90. The van der Waals surface area contributed by atoms with Crippen molar-refractivity contribution in [2.24, 2.45) is 0 Å². The van der Waals surface area contributed by atoms with Crippen LogP contribution < -0.4 is 0 Å². The number of pyridine rings is 1. The van der Waals surface area contributed by atoms with E-state index in [9.17, 15) is 4.39 Å². The van der Waals surface area contributed by atoms with Crippen molar-refractivity contribution < 1.29 is 4.39 Å². The molecule has 2 nitrogen and oxygen atoms in total. The van der Waals surface area contributed by atoms with Gasteiger partial charge in [0, 0.05) is 21.8 Å². The maximum absolute atomic E-state index is 13.6. The van der Waals surface area contributed by atoms with Crippen LogP contribution in [0.2, 0.25) is 0 Å². The molecule has 0 atom stereocenters. The number of aromatic nitrogens is 1. The van der Waals surface area contributed by atoms with Gasteiger partial charge in [-0.3, -0.25) is 0 Å². The summed E-state index contributed by atoms with van der Waals surface area (Å²) in [5.41, 5.74) is 1.10. The van der Waals surface area contributed by atoms with Gasteiger partial charge in [-0.25, -0.2) is 9.37 Å². The van der Waals surface area contributed by atoms with Gasteiger partial charge in [-0.1, -0.05) is 15.9 Å². The molecule has 2 aromatic rings. The van der Waals surface area contributed by atoms with Crippen molar-refractivity contribution in [2.45, 2.75) is 0 Å². The van der Waals surface area contributed by atoms with E-state index in [1.54, 1.807) is 24.3 Å². The van der Waals surface area contributed by atoms with Gasteiger partial charge in [0.05, 0.1) is 0 Å². The third kappa shape index (κ3) is 1.95. The van der Waals surface area contributed by atoms with Gasteiger partial charge in [0.1, 0.15) is 17.6 Å². The fraction of sp³-hybridized carbons (Fsp3) is 0. The van der Waals surface area contributed by atoms with E-state index in [0.717, 1.165) is 4.47 Å². The molecular formula is C12H6BrFN2. The summed E-state index contributed by atoms with van der Waals surface area (Å²) in [4.78, 5) is 3.90. The van der Waals surface area contributed by atoms with Crippen molar-refractivity contribution in [1.82, 2.24) is 4.98 Å². The van der Waals surface area contributed by atoms with Crippen molar-refractivity contribution >= 4 is 15.9 Å². The van der Waals surface area contributed by atoms with E-state index >= 15 is 0 Å². The minimum atomic E-state index is -0.368. The summed E-state index contributed by atoms with van der Waals surface area (Å²) in [5, 5.41) is 8.89. The Morgan fingerprint density at radius 3 is 2.81 bits per heavy atom. The normalized spacial score (nSPS) is 9.81. The van der Waals surface area contributed by atoms with Crippen LogP contribution in [0.4, 0.5) is 4.39 Å². The number of nitriles is 1. The SMILES string of the molecule is N#Cc1ncccc1-c1cc(Br)ccc1F. The maximum Gasteiger partial charge on any atom is 0.148 e. The van der Waals surface area contributed by atoms with E-state index in [4.69, 9.17) is 5.26 Å². The van der Waals surface area contributed by atoms with Crippen molar-refractivity contribution in [3.63, 3.8) is 0 Å². The van der Waals surface area contributed by atoms with E-state index in [2.05, 4.69) is 20.9 Å². The average molecular weight is 277 g/mol. The number of benzene rings is 1. The van der Waals surface area contributed by atoms with Crippen molar-refractivity contribution in [2.75, 3.05) is 0 Å². The van der Waals surface area contributed by atoms with E-state index in [0.29, 0.717) is 11.1 Å². The van der Waals surface area contributed by atoms with Gasteiger partial charge < -0.3 is 0 Å². The van der Waals surface area contributed by atoms with Gasteiger partial charge in [-0.15, -0.1) is 0 Å². The predicted molar refractivity (Wildman–Crippen MR) is 62.0 cm³/mol. The van der Waals surface area contributed by atoms with Crippen LogP contribution >= 0.6 is 15.9 Å². The molecule has 16 heavy (non-hydrogen) atoms. The number of hydrogen-bond donors (Lipinski definition) is 0. The van der Waals surface area contributed by atoms with Crippen LogP contribution in [-0.4, -0.2) is 4.98 Å². The second kappa shape index (κ2) is 4.42. The summed E-state index contributed by atoms with van der Waals surface area (Å²) in [5.74, 6) is -0.368. The Morgan fingerprint density at radius 1 is 1.25 bits per heavy atom. The maximum atomic E-state index is 13.6. The summed E-state index contributed by atoms with van der Waals surface area (Å²) in [7, 11) is 0. The first kappa shape index (κ1) is 10.8. The molecule has 0 saturated carbocycles. The topological polar surface area (TPSA) is 36.7 Å². The van der Waals surface area contributed by atoms with Crippen LogP contribution in [0, 0.1) is 17.1 Å². The molecule has 0 amide bonds. The van der Waals surface area contributed by atoms with Crippen LogP contribution in [-0.2, 0) is 0 Å². The van der Waals surface area contributed by atoms with Gasteiger partial charge >= 0.3 is 0 Å². The summed E-state index contributed by atoms with van der Waals surface area (Å²) in [6.07, 6.45) is 1.51. The number of halogens is 2. The molecule has 1 aromatic heterocycles. The van der Waals surface area contributed by atoms with Crippen LogP contribution in [0.25, 0.3) is 11.1 Å². The predicted octanol–water partition coefficient (Wildman–Crippen LogP) is 3.52. The van der Waals surface area contributed by atoms with Gasteiger partial charge in [0.2, 0.25) is 0 Å². The summed E-state index contributed by atoms with van der Waals surface area (Å²) < 4.78 is 14.4. The second-order valence-electron chi connectivity index (χ2n) is 3.14. The largest absolute Gasteiger partial charge is 0.245 e. The zero-order valence-electron chi connectivity index (χ0n) is 8.11. The third-order valence-electron chi connectivity index (χ3n) is 2.13. The Balaban J connectivity index is 2.68. The van der Waals surface area contributed by atoms with Crippen molar-refractivity contribution in [3.05, 3.63) is 52.5 Å². The standard InChI is InChI=1S/C12H6BrFN2/c13-8-3-4-11(14)10(6-8)9-2-1-5-16-12(9)7-15/h1-6H. The summed E-state index contributed by atoms with van der Waals surface area (Å²) in [6.45, 7) is 0. The molecule has 1 heterocycles. The molecule has 0 spiro atoms. The molecule has 0 aliphatic rings. The minimum absolute atomic E-state index is 0.222. The smallest absolute Gasteiger partial charge is 0.148 e. The second-order valence-corrected chi connectivity index (χ2v) is 4.05. The number of hydrogen-bond acceptors (Lipinski definition) is 2. The molecule has 0 aliphatic heterocycles. The van der Waals surface area contributed by atoms with Crippen LogP contribution in [0.1, 0.15) is 5.69 Å². The Labute approximate surface area is 100 Å². The van der Waals surface area contributed by atoms with Crippen LogP contribution in [0.15, 0.2) is 41.0 Å². The molecule has 0 N–H and O–H groups in total. The molecule has 2 rings (SSSR count). The Kier molecular flexibility index (Phi) is 2.97. The lowest BCUT2D eigenvalue weighted by molar-refractivity contribution is 0.631. The average Bonchev–Trinajstić information content (AvgIpc) is 2.32. The quantitative estimate of drug-likeness (QED) is 0.799. The lowest BCUT2D eigenvalue weighted by Gasteiger charge is -2.05. The number of rotatable bonds is 1.